The number of hydrogen-bond donors (Lipinski definition) is 0. The molecule has 0 saturated carbocycles. The van der Waals surface area contributed by atoms with Crippen LogP contribution in [-0.4, -0.2) is 12.4 Å². The van der Waals surface area contributed by atoms with E-state index in [1.807, 2.05) is 0 Å². The Labute approximate surface area is 69.9 Å². The molecule has 5 heteroatoms. The van der Waals surface area contributed by atoms with Crippen molar-refractivity contribution in [2.45, 2.75) is 0 Å². The molecular weight excluding hydrogens is 160 g/mol. The fraction of sp³-hybridized carbons (Fsp3) is 0.143. The molecule has 0 fully saturated rings. The fourth-order valence-electron chi connectivity index (χ4n) is 0.724. The summed E-state index contributed by atoms with van der Waals surface area (Å²) in [6, 6.07) is 8.08. The predicted octanol–water partition coefficient (Wildman–Crippen LogP) is 1.27. The van der Waals surface area contributed by atoms with Gasteiger partial charge in [0.15, 0.2) is 0 Å². The summed E-state index contributed by atoms with van der Waals surface area (Å²) in [7, 11) is 1.13. The maximum Gasteiger partial charge on any atom is 0.0584 e. The number of rotatable bonds is 3. The zero-order valence-corrected chi connectivity index (χ0v) is 6.51. The highest BCUT2D eigenvalue weighted by Gasteiger charge is 1.93. The van der Waals surface area contributed by atoms with Gasteiger partial charge in [-0.2, -0.15) is 5.34 Å². The SMILES string of the molecule is CON([O-])N([O-])c1ccccc1. The average Bonchev–Trinajstić information content (AvgIpc) is 2.17. The largest absolute Gasteiger partial charge is 0.744 e. The van der Waals surface area contributed by atoms with Gasteiger partial charge in [-0.05, 0) is 12.1 Å². The van der Waals surface area contributed by atoms with Crippen molar-refractivity contribution in [3.8, 4) is 0 Å². The molecular formula is C7H8N2O3-2. The van der Waals surface area contributed by atoms with Gasteiger partial charge >= 0.3 is 0 Å². The lowest BCUT2D eigenvalue weighted by molar-refractivity contribution is -0.0892. The Morgan fingerprint density at radius 1 is 1.17 bits per heavy atom. The zero-order chi connectivity index (χ0) is 8.97. The van der Waals surface area contributed by atoms with Crippen molar-refractivity contribution in [2.75, 3.05) is 12.3 Å². The summed E-state index contributed by atoms with van der Waals surface area (Å²) in [5.74, 6) is 0. The van der Waals surface area contributed by atoms with E-state index in [1.54, 1.807) is 18.2 Å². The van der Waals surface area contributed by atoms with Gasteiger partial charge < -0.3 is 15.6 Å². The second kappa shape index (κ2) is 4.03. The van der Waals surface area contributed by atoms with E-state index in [4.69, 9.17) is 0 Å². The zero-order valence-electron chi connectivity index (χ0n) is 6.51. The van der Waals surface area contributed by atoms with Crippen LogP contribution in [-0.2, 0) is 4.84 Å². The summed E-state index contributed by atoms with van der Waals surface area (Å²) in [5.41, 5.74) is 0.231. The third-order valence-corrected chi connectivity index (χ3v) is 1.28. The van der Waals surface area contributed by atoms with Crippen LogP contribution >= 0.6 is 0 Å². The van der Waals surface area contributed by atoms with Gasteiger partial charge in [0.2, 0.25) is 0 Å². The van der Waals surface area contributed by atoms with Gasteiger partial charge in [0.1, 0.15) is 0 Å². The minimum atomic E-state index is -0.144. The van der Waals surface area contributed by atoms with Crippen LogP contribution in [0.4, 0.5) is 5.69 Å². The second-order valence-electron chi connectivity index (χ2n) is 2.03. The van der Waals surface area contributed by atoms with E-state index >= 15 is 0 Å². The molecule has 1 aromatic carbocycles. The minimum Gasteiger partial charge on any atom is -0.744 e. The van der Waals surface area contributed by atoms with Crippen LogP contribution in [0.5, 0.6) is 0 Å². The van der Waals surface area contributed by atoms with Crippen LogP contribution in [0.1, 0.15) is 0 Å². The van der Waals surface area contributed by atoms with Crippen molar-refractivity contribution in [3.05, 3.63) is 40.7 Å². The maximum absolute atomic E-state index is 11.0. The molecule has 1 aromatic rings. The van der Waals surface area contributed by atoms with Crippen molar-refractivity contribution in [3.63, 3.8) is 0 Å². The molecule has 5 nitrogen and oxygen atoms in total. The molecule has 12 heavy (non-hydrogen) atoms. The van der Waals surface area contributed by atoms with Crippen LogP contribution in [0.2, 0.25) is 0 Å². The summed E-state index contributed by atoms with van der Waals surface area (Å²) in [5, 5.41) is 21.6. The third kappa shape index (κ3) is 1.93. The van der Waals surface area contributed by atoms with E-state index in [9.17, 15) is 10.4 Å². The van der Waals surface area contributed by atoms with Crippen LogP contribution in [0.3, 0.4) is 0 Å². The van der Waals surface area contributed by atoms with E-state index in [2.05, 4.69) is 4.84 Å². The number of benzene rings is 1. The van der Waals surface area contributed by atoms with Crippen molar-refractivity contribution in [1.82, 2.24) is 5.34 Å². The van der Waals surface area contributed by atoms with Gasteiger partial charge in [0, 0.05) is 5.69 Å². The first-order chi connectivity index (χ1) is 5.75. The molecule has 0 saturated heterocycles. The second-order valence-corrected chi connectivity index (χ2v) is 2.03. The van der Waals surface area contributed by atoms with Gasteiger partial charge in [0.05, 0.1) is 7.11 Å². The van der Waals surface area contributed by atoms with E-state index < -0.39 is 0 Å². The van der Waals surface area contributed by atoms with Gasteiger partial charge in [-0.25, -0.2) is 0 Å². The minimum absolute atomic E-state index is 0.111. The highest BCUT2D eigenvalue weighted by Crippen LogP contribution is 2.13. The first kappa shape index (κ1) is 8.95. The molecule has 0 atom stereocenters. The van der Waals surface area contributed by atoms with Gasteiger partial charge in [-0.3, -0.25) is 4.84 Å². The van der Waals surface area contributed by atoms with E-state index in [0.29, 0.717) is 0 Å². The van der Waals surface area contributed by atoms with Crippen molar-refractivity contribution in [2.24, 2.45) is 0 Å². The lowest BCUT2D eigenvalue weighted by Gasteiger charge is -2.43. The molecule has 0 spiro atoms. The summed E-state index contributed by atoms with van der Waals surface area (Å²) >= 11 is 0. The lowest BCUT2D eigenvalue weighted by atomic mass is 10.3. The Hall–Kier alpha value is -1.14. The molecule has 0 bridgehead atoms. The van der Waals surface area contributed by atoms with Crippen molar-refractivity contribution < 1.29 is 4.84 Å². The van der Waals surface area contributed by atoms with Gasteiger partial charge in [0.25, 0.3) is 0 Å². The van der Waals surface area contributed by atoms with E-state index in [0.717, 1.165) is 7.11 Å². The summed E-state index contributed by atoms with van der Waals surface area (Å²) < 4.78 is 0. The number of hydrazine groups is 1. The number of anilines is 1. The highest BCUT2D eigenvalue weighted by molar-refractivity contribution is 5.45. The summed E-state index contributed by atoms with van der Waals surface area (Å²) in [4.78, 5) is 4.16. The smallest absolute Gasteiger partial charge is 0.0584 e. The molecule has 0 unspecified atom stereocenters. The molecule has 0 N–H and O–H groups in total. The quantitative estimate of drug-likeness (QED) is 0.636. The Balaban J connectivity index is 2.71. The standard InChI is InChI=1S/C7H8N2O3/c1-12-9(11)8(10)7-5-3-2-4-6-7/h2-6H,1H3/q-2. The first-order valence-electron chi connectivity index (χ1n) is 3.29. The number of para-hydroxylation sites is 1. The average molecular weight is 168 g/mol. The molecule has 1 rings (SSSR count). The monoisotopic (exact) mass is 168 g/mol. The Morgan fingerprint density at radius 3 is 2.25 bits per heavy atom. The lowest BCUT2D eigenvalue weighted by Crippen LogP contribution is -2.32. The molecule has 0 aliphatic rings. The molecule has 0 aromatic heterocycles. The Morgan fingerprint density at radius 2 is 1.75 bits per heavy atom. The predicted molar refractivity (Wildman–Crippen MR) is 44.5 cm³/mol. The normalized spacial score (nSPS) is 10.3. The molecule has 0 radical (unpaired) electrons. The maximum atomic E-state index is 11.0. The van der Waals surface area contributed by atoms with Crippen molar-refractivity contribution in [1.29, 1.82) is 0 Å². The van der Waals surface area contributed by atoms with Gasteiger partial charge in [-0.15, -0.1) is 0 Å². The van der Waals surface area contributed by atoms with E-state index in [-0.39, 0.29) is 16.2 Å². The first-order valence-corrected chi connectivity index (χ1v) is 3.29. The van der Waals surface area contributed by atoms with Gasteiger partial charge in [-0.1, -0.05) is 18.2 Å². The summed E-state index contributed by atoms with van der Waals surface area (Å²) in [6.45, 7) is 0. The Kier molecular flexibility index (Phi) is 3.01. The van der Waals surface area contributed by atoms with Crippen LogP contribution < -0.4 is 5.17 Å². The van der Waals surface area contributed by atoms with Crippen LogP contribution in [0, 0.1) is 10.4 Å². The van der Waals surface area contributed by atoms with Crippen molar-refractivity contribution >= 4 is 5.69 Å². The molecule has 66 valence electrons. The summed E-state index contributed by atoms with van der Waals surface area (Å²) in [6.07, 6.45) is 0. The number of nitrogens with zero attached hydrogens (tertiary/aromatic N) is 2. The van der Waals surface area contributed by atoms with Crippen LogP contribution in [0.25, 0.3) is 0 Å². The molecule has 0 amide bonds. The molecule has 0 aliphatic carbocycles. The van der Waals surface area contributed by atoms with E-state index in [1.165, 1.54) is 12.1 Å². The Bertz CT molecular complexity index is 229. The highest BCUT2D eigenvalue weighted by atomic mass is 17.0. The van der Waals surface area contributed by atoms with Crippen LogP contribution in [0.15, 0.2) is 30.3 Å². The molecule has 0 aliphatic heterocycles. The number of hydrogen-bond acceptors (Lipinski definition) is 5. The molecule has 0 heterocycles. The topological polar surface area (TPSA) is 61.8 Å². The third-order valence-electron chi connectivity index (χ3n) is 1.28. The fourth-order valence-corrected chi connectivity index (χ4v) is 0.724.